The summed E-state index contributed by atoms with van der Waals surface area (Å²) >= 11 is 0. The molecule has 0 radical (unpaired) electrons. The van der Waals surface area contributed by atoms with Crippen molar-refractivity contribution in [3.63, 3.8) is 0 Å². The third kappa shape index (κ3) is 1.83. The zero-order valence-corrected chi connectivity index (χ0v) is 12.9. The van der Waals surface area contributed by atoms with Gasteiger partial charge in [0.25, 0.3) is 0 Å². The number of aromatic hydroxyl groups is 1. The molecule has 0 aromatic heterocycles. The van der Waals surface area contributed by atoms with Gasteiger partial charge in [-0.15, -0.1) is 0 Å². The summed E-state index contributed by atoms with van der Waals surface area (Å²) in [6, 6.07) is 11.2. The summed E-state index contributed by atoms with van der Waals surface area (Å²) in [5.74, 6) is -0.620. The van der Waals surface area contributed by atoms with Gasteiger partial charge in [0.2, 0.25) is 5.41 Å². The first kappa shape index (κ1) is 16.8. The molecule has 0 aliphatic heterocycles. The van der Waals surface area contributed by atoms with E-state index in [9.17, 15) is 31.4 Å². The molecule has 26 heavy (non-hydrogen) atoms. The zero-order valence-electron chi connectivity index (χ0n) is 12.9. The lowest BCUT2D eigenvalue weighted by atomic mass is 9.76. The highest BCUT2D eigenvalue weighted by Gasteiger charge is 2.75. The van der Waals surface area contributed by atoms with Crippen LogP contribution in [0.1, 0.15) is 11.1 Å². The first-order chi connectivity index (χ1) is 12.1. The van der Waals surface area contributed by atoms with Crippen molar-refractivity contribution in [1.29, 1.82) is 0 Å². The van der Waals surface area contributed by atoms with Crippen LogP contribution in [-0.4, -0.2) is 17.5 Å². The van der Waals surface area contributed by atoms with Gasteiger partial charge in [-0.25, -0.2) is 0 Å². The molecule has 3 aromatic rings. The molecular formula is C19H10F6O. The quantitative estimate of drug-likeness (QED) is 0.487. The first-order valence-electron chi connectivity index (χ1n) is 7.59. The second-order valence-electron chi connectivity index (χ2n) is 6.15. The molecule has 7 heteroatoms. The molecule has 0 saturated carbocycles. The lowest BCUT2D eigenvalue weighted by Gasteiger charge is -2.35. The Morgan fingerprint density at radius 2 is 1.23 bits per heavy atom. The van der Waals surface area contributed by atoms with Gasteiger partial charge in [0.1, 0.15) is 5.75 Å². The second-order valence-corrected chi connectivity index (χ2v) is 6.15. The number of hydrogen-bond acceptors (Lipinski definition) is 1. The Morgan fingerprint density at radius 1 is 0.692 bits per heavy atom. The van der Waals surface area contributed by atoms with Crippen LogP contribution < -0.4 is 0 Å². The van der Waals surface area contributed by atoms with Crippen molar-refractivity contribution >= 4 is 10.8 Å². The summed E-state index contributed by atoms with van der Waals surface area (Å²) in [6.07, 6.45) is -11.3. The topological polar surface area (TPSA) is 20.2 Å². The van der Waals surface area contributed by atoms with E-state index in [0.29, 0.717) is 6.07 Å². The smallest absolute Gasteiger partial charge is 0.411 e. The third-order valence-electron chi connectivity index (χ3n) is 4.88. The van der Waals surface area contributed by atoms with Crippen LogP contribution >= 0.6 is 0 Å². The van der Waals surface area contributed by atoms with E-state index in [1.54, 1.807) is 6.07 Å². The Kier molecular flexibility index (Phi) is 3.18. The fourth-order valence-electron chi connectivity index (χ4n) is 3.89. The number of phenolic OH excluding ortho intramolecular Hbond substituents is 1. The summed E-state index contributed by atoms with van der Waals surface area (Å²) < 4.78 is 84.0. The molecule has 1 aliphatic carbocycles. The van der Waals surface area contributed by atoms with E-state index >= 15 is 0 Å². The van der Waals surface area contributed by atoms with Crippen molar-refractivity contribution in [2.24, 2.45) is 0 Å². The average molecular weight is 368 g/mol. The maximum Gasteiger partial charge on any atom is 0.411 e. The molecule has 1 aliphatic rings. The van der Waals surface area contributed by atoms with Gasteiger partial charge in [-0.1, -0.05) is 48.5 Å². The summed E-state index contributed by atoms with van der Waals surface area (Å²) in [6.45, 7) is 0. The largest absolute Gasteiger partial charge is 0.507 e. The van der Waals surface area contributed by atoms with Crippen LogP contribution in [0.3, 0.4) is 0 Å². The van der Waals surface area contributed by atoms with Crippen LogP contribution in [0.2, 0.25) is 0 Å². The van der Waals surface area contributed by atoms with Crippen LogP contribution in [0.4, 0.5) is 26.3 Å². The van der Waals surface area contributed by atoms with Crippen molar-refractivity contribution in [3.8, 4) is 16.9 Å². The van der Waals surface area contributed by atoms with Gasteiger partial charge in [0.15, 0.2) is 0 Å². The molecule has 0 fully saturated rings. The van der Waals surface area contributed by atoms with E-state index in [4.69, 9.17) is 0 Å². The number of rotatable bonds is 0. The van der Waals surface area contributed by atoms with Crippen molar-refractivity contribution < 1.29 is 31.4 Å². The number of hydrogen-bond donors (Lipinski definition) is 1. The summed E-state index contributed by atoms with van der Waals surface area (Å²) in [7, 11) is 0. The minimum absolute atomic E-state index is 0.131. The van der Waals surface area contributed by atoms with Crippen LogP contribution in [0, 0.1) is 0 Å². The number of alkyl halides is 6. The van der Waals surface area contributed by atoms with E-state index < -0.39 is 34.6 Å². The molecule has 0 spiro atoms. The minimum Gasteiger partial charge on any atom is -0.507 e. The lowest BCUT2D eigenvalue weighted by molar-refractivity contribution is -0.287. The molecule has 0 bridgehead atoms. The van der Waals surface area contributed by atoms with Gasteiger partial charge in [-0.2, -0.15) is 26.3 Å². The lowest BCUT2D eigenvalue weighted by Crippen LogP contribution is -2.53. The Bertz CT molecular complexity index is 1020. The molecule has 0 atom stereocenters. The second kappa shape index (κ2) is 4.93. The number of halogens is 6. The number of phenols is 1. The van der Waals surface area contributed by atoms with Crippen LogP contribution in [0.15, 0.2) is 54.6 Å². The first-order valence-corrected chi connectivity index (χ1v) is 7.59. The number of benzene rings is 3. The van der Waals surface area contributed by atoms with Crippen LogP contribution in [-0.2, 0) is 5.41 Å². The molecule has 0 saturated heterocycles. The van der Waals surface area contributed by atoms with Gasteiger partial charge in [0, 0.05) is 5.39 Å². The summed E-state index contributed by atoms with van der Waals surface area (Å²) in [5.41, 5.74) is -6.33. The van der Waals surface area contributed by atoms with Crippen molar-refractivity contribution in [1.82, 2.24) is 0 Å². The van der Waals surface area contributed by atoms with Crippen LogP contribution in [0.5, 0.6) is 5.75 Å². The van der Waals surface area contributed by atoms with Crippen molar-refractivity contribution in [3.05, 3.63) is 65.7 Å². The van der Waals surface area contributed by atoms with Crippen molar-refractivity contribution in [2.45, 2.75) is 17.8 Å². The molecular weight excluding hydrogens is 358 g/mol. The highest BCUT2D eigenvalue weighted by Crippen LogP contribution is 2.64. The van der Waals surface area contributed by atoms with Gasteiger partial charge in [-0.3, -0.25) is 0 Å². The Labute approximate surface area is 143 Å². The highest BCUT2D eigenvalue weighted by atomic mass is 19.4. The Balaban J connectivity index is 2.30. The number of fused-ring (bicyclic) bond motifs is 5. The third-order valence-corrected chi connectivity index (χ3v) is 4.88. The Hall–Kier alpha value is -2.70. The minimum atomic E-state index is -5.64. The highest BCUT2D eigenvalue weighted by molar-refractivity contribution is 6.05. The van der Waals surface area contributed by atoms with Crippen LogP contribution in [0.25, 0.3) is 21.9 Å². The van der Waals surface area contributed by atoms with E-state index in [-0.39, 0.29) is 21.9 Å². The molecule has 3 aromatic carbocycles. The predicted molar refractivity (Wildman–Crippen MR) is 83.9 cm³/mol. The maximum absolute atomic E-state index is 14.0. The maximum atomic E-state index is 14.0. The summed E-state index contributed by atoms with van der Waals surface area (Å²) in [4.78, 5) is 0. The van der Waals surface area contributed by atoms with E-state index in [2.05, 4.69) is 0 Å². The standard InChI is InChI=1S/C19H10F6O/c20-18(21,22)17(19(23,24)25)13-8-4-3-7-12(13)16-11-6-2-1-5-10(11)15(26)9-14(16)17/h1-9,26H. The average Bonchev–Trinajstić information content (AvgIpc) is 2.85. The zero-order chi connectivity index (χ0) is 18.9. The molecule has 0 heterocycles. The van der Waals surface area contributed by atoms with Crippen molar-refractivity contribution in [2.75, 3.05) is 0 Å². The molecule has 1 nitrogen and oxygen atoms in total. The SMILES string of the molecule is Oc1cc2c(c3ccccc13)-c1ccccc1C2(C(F)(F)F)C(F)(F)F. The molecule has 0 amide bonds. The van der Waals surface area contributed by atoms with E-state index in [0.717, 1.165) is 12.1 Å². The van der Waals surface area contributed by atoms with Gasteiger partial charge in [-0.05, 0) is 33.7 Å². The van der Waals surface area contributed by atoms with Gasteiger partial charge < -0.3 is 5.11 Å². The molecule has 4 rings (SSSR count). The predicted octanol–water partition coefficient (Wildman–Crippen LogP) is 5.94. The normalized spacial score (nSPS) is 15.8. The van der Waals surface area contributed by atoms with Gasteiger partial charge in [0.05, 0.1) is 0 Å². The molecule has 0 unspecified atom stereocenters. The fraction of sp³-hybridized carbons (Fsp3) is 0.158. The Morgan fingerprint density at radius 3 is 1.85 bits per heavy atom. The molecule has 1 N–H and O–H groups in total. The van der Waals surface area contributed by atoms with E-state index in [1.165, 1.54) is 30.3 Å². The molecule has 134 valence electrons. The fourth-order valence-corrected chi connectivity index (χ4v) is 3.89. The summed E-state index contributed by atoms with van der Waals surface area (Å²) in [5, 5.41) is 10.5. The monoisotopic (exact) mass is 368 g/mol. The van der Waals surface area contributed by atoms with E-state index in [1.807, 2.05) is 0 Å². The van der Waals surface area contributed by atoms with Gasteiger partial charge >= 0.3 is 12.4 Å².